The summed E-state index contributed by atoms with van der Waals surface area (Å²) in [4.78, 5) is 23.1. The van der Waals surface area contributed by atoms with E-state index in [0.29, 0.717) is 74.8 Å². The van der Waals surface area contributed by atoms with Crippen LogP contribution in [0.5, 0.6) is 11.5 Å². The van der Waals surface area contributed by atoms with E-state index in [1.165, 1.54) is 32.1 Å². The molecule has 364 valence electrons. The van der Waals surface area contributed by atoms with Gasteiger partial charge in [-0.1, -0.05) is 70.2 Å². The summed E-state index contributed by atoms with van der Waals surface area (Å²) in [5.41, 5.74) is 10.4. The highest BCUT2D eigenvalue weighted by atomic mass is 16.5. The topological polar surface area (TPSA) is 207 Å². The third-order valence-corrected chi connectivity index (χ3v) is 11.3. The Morgan fingerprint density at radius 1 is 0.667 bits per heavy atom. The second-order valence-electron chi connectivity index (χ2n) is 16.4. The lowest BCUT2D eigenvalue weighted by atomic mass is 10.1. The van der Waals surface area contributed by atoms with Crippen LogP contribution in [0.15, 0.2) is 54.6 Å². The molecule has 2 unspecified atom stereocenters. The van der Waals surface area contributed by atoms with E-state index in [4.69, 9.17) is 44.4 Å². The molecule has 4 aliphatic rings. The molecule has 1 aliphatic carbocycles. The van der Waals surface area contributed by atoms with Crippen LogP contribution in [0.4, 0.5) is 23.5 Å². The third kappa shape index (κ3) is 17.1. The summed E-state index contributed by atoms with van der Waals surface area (Å²) in [6, 6.07) is 17.8. The summed E-state index contributed by atoms with van der Waals surface area (Å²) in [5.74, 6) is 3.98. The standard InChI is InChI=1S/C23H33N5O4.C19H27N5O3.C5H10.C2H6/c1-24-15-19(29)16-32-20-4-2-3-17(13-20)21-14-22(25-18-5-9-30-10-6-18)27-23(26-21)28-7-11-31-12-8-28;1-13-17(22-19(23-18(13)20)24-6-8-26-9-7-24)14-4-3-5-16(10-14)27-12-15(25)11-21-2;1-2-4-5-3-1;1-2/h2-4,13-14,18-19,24,29H,5-12,15-16H2,1H3,(H,25,26,27);3-5,10,15,21,25H,6-9,11-12H2,1-2H3,(H2,20,22,23);1-5H2;1-2H3. The molecule has 2 aromatic heterocycles. The Hall–Kier alpha value is -4.88. The number of hydrogen-bond acceptors (Lipinski definition) is 17. The first-order valence-electron chi connectivity index (χ1n) is 23.9. The van der Waals surface area contributed by atoms with Gasteiger partial charge < -0.3 is 65.4 Å². The van der Waals surface area contributed by atoms with Gasteiger partial charge in [-0.25, -0.2) is 9.97 Å². The highest BCUT2D eigenvalue weighted by molar-refractivity contribution is 5.70. The Bertz CT molecular complexity index is 1970. The van der Waals surface area contributed by atoms with Crippen molar-refractivity contribution in [1.82, 2.24) is 30.6 Å². The van der Waals surface area contributed by atoms with E-state index in [1.54, 1.807) is 14.1 Å². The van der Waals surface area contributed by atoms with E-state index in [-0.39, 0.29) is 13.2 Å². The molecule has 4 fully saturated rings. The molecule has 3 saturated heterocycles. The summed E-state index contributed by atoms with van der Waals surface area (Å²) < 4.78 is 27.9. The van der Waals surface area contributed by atoms with E-state index >= 15 is 0 Å². The zero-order valence-corrected chi connectivity index (χ0v) is 40.0. The molecule has 1 saturated carbocycles. The summed E-state index contributed by atoms with van der Waals surface area (Å²) in [6.07, 6.45) is 8.29. The lowest BCUT2D eigenvalue weighted by Crippen LogP contribution is -2.37. The number of aromatic nitrogens is 4. The van der Waals surface area contributed by atoms with Crippen molar-refractivity contribution in [2.75, 3.05) is 127 Å². The van der Waals surface area contributed by atoms with Gasteiger partial charge >= 0.3 is 0 Å². The Labute approximate surface area is 392 Å². The molecule has 0 radical (unpaired) electrons. The first kappa shape index (κ1) is 52.1. The summed E-state index contributed by atoms with van der Waals surface area (Å²) in [5, 5.41) is 29.2. The van der Waals surface area contributed by atoms with E-state index in [1.807, 2.05) is 75.4 Å². The number of rotatable bonds is 16. The Morgan fingerprint density at radius 2 is 1.15 bits per heavy atom. The van der Waals surface area contributed by atoms with Crippen LogP contribution in [-0.4, -0.2) is 155 Å². The van der Waals surface area contributed by atoms with Gasteiger partial charge in [0.1, 0.15) is 48.6 Å². The molecule has 17 nitrogen and oxygen atoms in total. The highest BCUT2D eigenvalue weighted by Crippen LogP contribution is 2.30. The van der Waals surface area contributed by atoms with Crippen molar-refractivity contribution in [3.05, 3.63) is 60.2 Å². The molecular weight excluding hydrogens is 841 g/mol. The number of likely N-dealkylation sites (N-methyl/N-ethyl adjacent to an activating group) is 2. The molecule has 66 heavy (non-hydrogen) atoms. The van der Waals surface area contributed by atoms with Gasteiger partial charge in [0.25, 0.3) is 0 Å². The Morgan fingerprint density at radius 3 is 1.68 bits per heavy atom. The summed E-state index contributed by atoms with van der Waals surface area (Å²) >= 11 is 0. The number of ether oxygens (including phenoxy) is 5. The van der Waals surface area contributed by atoms with E-state index in [2.05, 4.69) is 30.7 Å². The molecule has 4 aromatic rings. The third-order valence-electron chi connectivity index (χ3n) is 11.3. The van der Waals surface area contributed by atoms with Crippen molar-refractivity contribution < 1.29 is 33.9 Å². The average Bonchev–Trinajstić information content (AvgIpc) is 3.97. The molecule has 5 heterocycles. The molecule has 0 amide bonds. The Balaban J connectivity index is 0.000000218. The molecule has 8 rings (SSSR count). The van der Waals surface area contributed by atoms with Crippen LogP contribution in [0.1, 0.15) is 64.4 Å². The van der Waals surface area contributed by atoms with E-state index in [9.17, 15) is 10.2 Å². The second-order valence-corrected chi connectivity index (χ2v) is 16.4. The van der Waals surface area contributed by atoms with Crippen LogP contribution in [0.2, 0.25) is 0 Å². The van der Waals surface area contributed by atoms with Crippen LogP contribution >= 0.6 is 0 Å². The minimum absolute atomic E-state index is 0.216. The fourth-order valence-electron chi connectivity index (χ4n) is 7.66. The number of nitrogens with zero attached hydrogens (tertiary/aromatic N) is 6. The summed E-state index contributed by atoms with van der Waals surface area (Å²) in [7, 11) is 3.59. The van der Waals surface area contributed by atoms with Crippen LogP contribution in [0.3, 0.4) is 0 Å². The number of nitrogens with one attached hydrogen (secondary N) is 3. The Kier molecular flexibility index (Phi) is 22.9. The molecule has 17 heteroatoms. The maximum atomic E-state index is 9.93. The van der Waals surface area contributed by atoms with Crippen LogP contribution in [-0.2, 0) is 14.2 Å². The first-order chi connectivity index (χ1) is 32.3. The number of aliphatic hydroxyl groups is 2. The van der Waals surface area contributed by atoms with Crippen molar-refractivity contribution >= 4 is 23.5 Å². The smallest absolute Gasteiger partial charge is 0.228 e. The molecule has 2 atom stereocenters. The van der Waals surface area contributed by atoms with Gasteiger partial charge in [0, 0.05) is 81.3 Å². The van der Waals surface area contributed by atoms with Gasteiger partial charge in [0.05, 0.1) is 37.8 Å². The number of anilines is 4. The molecular formula is C49H76N10O7. The van der Waals surface area contributed by atoms with Crippen LogP contribution in [0.25, 0.3) is 22.5 Å². The average molecular weight is 917 g/mol. The lowest BCUT2D eigenvalue weighted by Gasteiger charge is -2.28. The quantitative estimate of drug-likeness (QED) is 0.0839. The maximum Gasteiger partial charge on any atom is 0.228 e. The monoisotopic (exact) mass is 917 g/mol. The van der Waals surface area contributed by atoms with Crippen molar-refractivity contribution in [1.29, 1.82) is 0 Å². The van der Waals surface area contributed by atoms with Crippen molar-refractivity contribution in [3.63, 3.8) is 0 Å². The van der Waals surface area contributed by atoms with E-state index < -0.39 is 12.2 Å². The van der Waals surface area contributed by atoms with Gasteiger partial charge in [0.15, 0.2) is 0 Å². The number of benzene rings is 2. The zero-order chi connectivity index (χ0) is 46.9. The fraction of sp³-hybridized carbons (Fsp3) is 0.592. The minimum atomic E-state index is -0.567. The zero-order valence-electron chi connectivity index (χ0n) is 40.0. The van der Waals surface area contributed by atoms with Crippen molar-refractivity contribution in [3.8, 4) is 34.0 Å². The number of aliphatic hydroxyl groups excluding tert-OH is 2. The van der Waals surface area contributed by atoms with Gasteiger partial charge in [-0.05, 0) is 58.1 Å². The predicted octanol–water partition coefficient (Wildman–Crippen LogP) is 5.34. The molecule has 2 aromatic carbocycles. The number of morpholine rings is 2. The van der Waals surface area contributed by atoms with Gasteiger partial charge in [0.2, 0.25) is 11.9 Å². The number of hydrogen-bond donors (Lipinski definition) is 6. The van der Waals surface area contributed by atoms with Gasteiger partial charge in [-0.3, -0.25) is 0 Å². The van der Waals surface area contributed by atoms with Crippen LogP contribution in [0, 0.1) is 6.92 Å². The number of nitrogen functional groups attached to an aromatic ring is 1. The molecule has 7 N–H and O–H groups in total. The fourth-order valence-corrected chi connectivity index (χ4v) is 7.66. The molecule has 0 spiro atoms. The van der Waals surface area contributed by atoms with Crippen molar-refractivity contribution in [2.45, 2.75) is 84.0 Å². The van der Waals surface area contributed by atoms with E-state index in [0.717, 1.165) is 86.1 Å². The highest BCUT2D eigenvalue weighted by Gasteiger charge is 2.21. The second kappa shape index (κ2) is 29.0. The molecule has 0 bridgehead atoms. The molecule has 3 aliphatic heterocycles. The first-order valence-corrected chi connectivity index (χ1v) is 23.9. The maximum absolute atomic E-state index is 9.93. The predicted molar refractivity (Wildman–Crippen MR) is 263 cm³/mol. The number of nitrogens with two attached hydrogens (primary N) is 1. The normalized spacial score (nSPS) is 17.2. The van der Waals surface area contributed by atoms with Crippen LogP contribution < -0.4 is 41.0 Å². The largest absolute Gasteiger partial charge is 0.491 e. The lowest BCUT2D eigenvalue weighted by molar-refractivity contribution is 0.0904. The van der Waals surface area contributed by atoms with Gasteiger partial charge in [-0.15, -0.1) is 0 Å². The van der Waals surface area contributed by atoms with Gasteiger partial charge in [-0.2, -0.15) is 9.97 Å². The SMILES string of the molecule is C1CCCC1.CC.CNCC(O)COc1cccc(-c2cc(NC3CCOCC3)nc(N3CCOCC3)n2)c1.CNCC(O)COc1cccc(-c2nc(N3CCOCC3)nc(N)c2C)c1. The van der Waals surface area contributed by atoms with Crippen molar-refractivity contribution in [2.24, 2.45) is 0 Å². The summed E-state index contributed by atoms with van der Waals surface area (Å²) in [6.45, 7) is 14.5. The minimum Gasteiger partial charge on any atom is -0.491 e.